The lowest BCUT2D eigenvalue weighted by atomic mass is 9.90. The van der Waals surface area contributed by atoms with E-state index in [1.807, 2.05) is 0 Å². The maximum absolute atomic E-state index is 6.26. The number of hydrogen-bond donors (Lipinski definition) is 4. The number of imidazole rings is 2. The summed E-state index contributed by atoms with van der Waals surface area (Å²) in [4.78, 5) is 17.0. The number of ether oxygens (including phenoxy) is 2. The van der Waals surface area contributed by atoms with Gasteiger partial charge in [-0.1, -0.05) is 24.3 Å². The van der Waals surface area contributed by atoms with E-state index in [2.05, 4.69) is 69.1 Å². The molecule has 1 spiro atoms. The molecule has 8 heteroatoms. The Morgan fingerprint density at radius 1 is 0.659 bits per heavy atom. The van der Waals surface area contributed by atoms with Gasteiger partial charge in [0, 0.05) is 12.8 Å². The molecule has 0 amide bonds. The molecule has 208 valence electrons. The molecule has 5 aromatic rings. The van der Waals surface area contributed by atoms with Gasteiger partial charge in [-0.3, -0.25) is 0 Å². The first-order valence-electron chi connectivity index (χ1n) is 15.1. The first-order chi connectivity index (χ1) is 20.2. The molecule has 2 atom stereocenters. The van der Waals surface area contributed by atoms with Gasteiger partial charge in [0.05, 0.1) is 47.4 Å². The number of rotatable bonds is 4. The maximum atomic E-state index is 6.26. The highest BCUT2D eigenvalue weighted by Crippen LogP contribution is 2.46. The lowest BCUT2D eigenvalue weighted by molar-refractivity contribution is -0.147. The van der Waals surface area contributed by atoms with Crippen molar-refractivity contribution in [2.75, 3.05) is 26.3 Å². The molecule has 3 aromatic carbocycles. The van der Waals surface area contributed by atoms with Crippen LogP contribution in [0, 0.1) is 0 Å². The molecule has 5 heterocycles. The van der Waals surface area contributed by atoms with Crippen LogP contribution < -0.4 is 10.6 Å². The number of benzene rings is 3. The summed E-state index contributed by atoms with van der Waals surface area (Å²) in [6.07, 6.45) is 6.17. The SMILES string of the molecule is c1cc2nc(C3CCCN3)[nH]c2cc1-c1ccc(-c2ccc3nc([C@@H]4CCCN4)[nH]c3c2)c2c1CC1(C2)OCCO1. The van der Waals surface area contributed by atoms with Gasteiger partial charge in [-0.15, -0.1) is 0 Å². The summed E-state index contributed by atoms with van der Waals surface area (Å²) >= 11 is 0. The van der Waals surface area contributed by atoms with Crippen LogP contribution in [-0.2, 0) is 22.3 Å². The number of H-pyrrole nitrogens is 2. The van der Waals surface area contributed by atoms with Crippen molar-refractivity contribution in [2.45, 2.75) is 56.4 Å². The number of aromatic amines is 2. The van der Waals surface area contributed by atoms with Gasteiger partial charge < -0.3 is 30.1 Å². The lowest BCUT2D eigenvalue weighted by Crippen LogP contribution is -2.30. The number of aromatic nitrogens is 4. The second-order valence-corrected chi connectivity index (χ2v) is 12.1. The molecule has 2 aromatic heterocycles. The molecule has 0 bridgehead atoms. The molecule has 0 saturated carbocycles. The highest BCUT2D eigenvalue weighted by atomic mass is 16.7. The zero-order chi connectivity index (χ0) is 27.0. The molecule has 4 N–H and O–H groups in total. The Balaban J connectivity index is 1.13. The first-order valence-corrected chi connectivity index (χ1v) is 15.1. The van der Waals surface area contributed by atoms with Crippen molar-refractivity contribution in [3.63, 3.8) is 0 Å². The molecule has 3 saturated heterocycles. The Kier molecular flexibility index (Phi) is 5.42. The number of nitrogens with zero attached hydrogens (tertiary/aromatic N) is 2. The maximum Gasteiger partial charge on any atom is 0.176 e. The summed E-state index contributed by atoms with van der Waals surface area (Å²) in [5, 5.41) is 7.12. The Morgan fingerprint density at radius 2 is 1.17 bits per heavy atom. The average molecular weight is 547 g/mol. The molecule has 3 fully saturated rings. The van der Waals surface area contributed by atoms with Gasteiger partial charge in [0.25, 0.3) is 0 Å². The molecule has 3 aliphatic heterocycles. The van der Waals surface area contributed by atoms with E-state index in [4.69, 9.17) is 19.4 Å². The molecular formula is C33H34N6O2. The topological polar surface area (TPSA) is 99.9 Å². The van der Waals surface area contributed by atoms with E-state index in [1.165, 1.54) is 46.2 Å². The Hall–Kier alpha value is -3.56. The van der Waals surface area contributed by atoms with Crippen LogP contribution in [0.1, 0.15) is 60.5 Å². The van der Waals surface area contributed by atoms with Crippen molar-refractivity contribution in [1.29, 1.82) is 0 Å². The van der Waals surface area contributed by atoms with Crippen molar-refractivity contribution >= 4 is 22.1 Å². The normalized spacial score (nSPS) is 23.4. The van der Waals surface area contributed by atoms with E-state index in [9.17, 15) is 0 Å². The summed E-state index contributed by atoms with van der Waals surface area (Å²) in [5.41, 5.74) is 11.7. The fraction of sp³-hybridized carbons (Fsp3) is 0.394. The van der Waals surface area contributed by atoms with Crippen LogP contribution in [0.5, 0.6) is 0 Å². The minimum atomic E-state index is -0.564. The number of nitrogens with one attached hydrogen (secondary N) is 4. The highest BCUT2D eigenvalue weighted by molar-refractivity contribution is 5.87. The van der Waals surface area contributed by atoms with Crippen LogP contribution in [0.15, 0.2) is 48.5 Å². The van der Waals surface area contributed by atoms with Crippen molar-refractivity contribution in [2.24, 2.45) is 0 Å². The van der Waals surface area contributed by atoms with E-state index in [1.54, 1.807) is 0 Å². The smallest absolute Gasteiger partial charge is 0.176 e. The van der Waals surface area contributed by atoms with E-state index in [0.29, 0.717) is 25.3 Å². The van der Waals surface area contributed by atoms with E-state index < -0.39 is 5.79 Å². The summed E-state index contributed by atoms with van der Waals surface area (Å²) < 4.78 is 12.5. The summed E-state index contributed by atoms with van der Waals surface area (Å²) in [6, 6.07) is 18.4. The van der Waals surface area contributed by atoms with E-state index >= 15 is 0 Å². The van der Waals surface area contributed by atoms with Crippen LogP contribution in [0.25, 0.3) is 44.3 Å². The number of fused-ring (bicyclic) bond motifs is 3. The second kappa shape index (κ2) is 9.22. The zero-order valence-electron chi connectivity index (χ0n) is 23.1. The molecule has 0 radical (unpaired) electrons. The molecule has 41 heavy (non-hydrogen) atoms. The third kappa shape index (κ3) is 3.96. The summed E-state index contributed by atoms with van der Waals surface area (Å²) in [6.45, 7) is 3.41. The quantitative estimate of drug-likeness (QED) is 0.239. The van der Waals surface area contributed by atoms with Gasteiger partial charge in [-0.25, -0.2) is 9.97 Å². The molecule has 1 unspecified atom stereocenters. The zero-order valence-corrected chi connectivity index (χ0v) is 23.1. The van der Waals surface area contributed by atoms with Crippen molar-refractivity contribution < 1.29 is 9.47 Å². The van der Waals surface area contributed by atoms with Gasteiger partial charge in [0.15, 0.2) is 5.79 Å². The fourth-order valence-corrected chi connectivity index (χ4v) is 7.50. The minimum absolute atomic E-state index is 0.323. The van der Waals surface area contributed by atoms with Gasteiger partial charge in [-0.2, -0.15) is 0 Å². The second-order valence-electron chi connectivity index (χ2n) is 12.1. The van der Waals surface area contributed by atoms with E-state index in [0.717, 1.165) is 72.5 Å². The fourth-order valence-electron chi connectivity index (χ4n) is 7.50. The van der Waals surface area contributed by atoms with Crippen LogP contribution in [-0.4, -0.2) is 52.0 Å². The molecule has 8 nitrogen and oxygen atoms in total. The van der Waals surface area contributed by atoms with Gasteiger partial charge in [-0.05, 0) is 96.4 Å². The summed E-state index contributed by atoms with van der Waals surface area (Å²) in [5.74, 6) is 1.53. The van der Waals surface area contributed by atoms with Crippen LogP contribution in [0.3, 0.4) is 0 Å². The third-order valence-corrected chi connectivity index (χ3v) is 9.54. The standard InChI is InChI=1S/C33H34N6O2/c1-3-27(34-11-1)31-36-25-9-5-19(15-29(25)38-31)21-7-8-22(24-18-33(17-23(21)24)40-13-14-41-33)20-6-10-26-30(16-20)39-32(37-26)28-4-2-12-35-28/h5-10,15-16,27-28,34-35H,1-4,11-14,17-18H2,(H,36,38)(H,37,39)/t27-,28?/m0/s1. The van der Waals surface area contributed by atoms with Crippen molar-refractivity contribution in [3.05, 3.63) is 71.3 Å². The number of hydrogen-bond acceptors (Lipinski definition) is 6. The predicted molar refractivity (Wildman–Crippen MR) is 159 cm³/mol. The average Bonchev–Trinajstić information content (AvgIpc) is 3.83. The minimum Gasteiger partial charge on any atom is -0.347 e. The Bertz CT molecular complexity index is 1660. The Morgan fingerprint density at radius 3 is 1.63 bits per heavy atom. The lowest BCUT2D eigenvalue weighted by Gasteiger charge is -2.20. The third-order valence-electron chi connectivity index (χ3n) is 9.54. The largest absolute Gasteiger partial charge is 0.347 e. The van der Waals surface area contributed by atoms with Crippen LogP contribution in [0.2, 0.25) is 0 Å². The van der Waals surface area contributed by atoms with E-state index in [-0.39, 0.29) is 0 Å². The van der Waals surface area contributed by atoms with Crippen LogP contribution in [0.4, 0.5) is 0 Å². The monoisotopic (exact) mass is 546 g/mol. The van der Waals surface area contributed by atoms with Gasteiger partial charge in [0.1, 0.15) is 11.6 Å². The molecule has 9 rings (SSSR count). The Labute approximate surface area is 238 Å². The van der Waals surface area contributed by atoms with Gasteiger partial charge >= 0.3 is 0 Å². The molecule has 1 aliphatic carbocycles. The van der Waals surface area contributed by atoms with Gasteiger partial charge in [0.2, 0.25) is 0 Å². The highest BCUT2D eigenvalue weighted by Gasteiger charge is 2.44. The predicted octanol–water partition coefficient (Wildman–Crippen LogP) is 5.46. The molecule has 4 aliphatic rings. The van der Waals surface area contributed by atoms with Crippen LogP contribution >= 0.6 is 0 Å². The summed E-state index contributed by atoms with van der Waals surface area (Å²) in [7, 11) is 0. The molecular weight excluding hydrogens is 512 g/mol. The van der Waals surface area contributed by atoms with Crippen molar-refractivity contribution in [3.8, 4) is 22.3 Å². The first kappa shape index (κ1) is 24.1. The van der Waals surface area contributed by atoms with Crippen molar-refractivity contribution in [1.82, 2.24) is 30.6 Å².